The Labute approximate surface area is 216 Å². The van der Waals surface area contributed by atoms with Crippen molar-refractivity contribution in [3.63, 3.8) is 0 Å². The number of aromatic nitrogens is 3. The third kappa shape index (κ3) is 5.31. The Bertz CT molecular complexity index is 1380. The predicted octanol–water partition coefficient (Wildman–Crippen LogP) is 4.14. The number of primary amides is 1. The number of piperidine rings is 1. The van der Waals surface area contributed by atoms with Gasteiger partial charge in [0.2, 0.25) is 11.7 Å². The molecule has 2 aliphatic rings. The molecule has 0 spiro atoms. The van der Waals surface area contributed by atoms with Crippen molar-refractivity contribution >= 4 is 17.4 Å². The highest BCUT2D eigenvalue weighted by atomic mass is 16.2. The Balaban J connectivity index is 1.40. The van der Waals surface area contributed by atoms with E-state index >= 15 is 0 Å². The molecule has 3 aromatic rings. The molecule has 8 heteroatoms. The number of rotatable bonds is 6. The van der Waals surface area contributed by atoms with Crippen molar-refractivity contribution in [2.45, 2.75) is 50.9 Å². The van der Waals surface area contributed by atoms with E-state index in [0.29, 0.717) is 12.3 Å². The van der Waals surface area contributed by atoms with Crippen LogP contribution in [0.25, 0.3) is 11.3 Å². The highest BCUT2D eigenvalue weighted by Crippen LogP contribution is 2.36. The van der Waals surface area contributed by atoms with Crippen LogP contribution in [0.1, 0.15) is 77.6 Å². The molecule has 2 amide bonds. The lowest BCUT2D eigenvalue weighted by atomic mass is 9.85. The van der Waals surface area contributed by atoms with Crippen LogP contribution in [0.4, 0.5) is 0 Å². The molecule has 188 valence electrons. The highest BCUT2D eigenvalue weighted by molar-refractivity contribution is 5.90. The second-order valence-corrected chi connectivity index (χ2v) is 9.70. The molecule has 5 rings (SSSR count). The van der Waals surface area contributed by atoms with E-state index in [9.17, 15) is 14.9 Å². The topological polar surface area (TPSA) is 118 Å². The van der Waals surface area contributed by atoms with Gasteiger partial charge in [-0.05, 0) is 79.8 Å². The van der Waals surface area contributed by atoms with Gasteiger partial charge in [0.05, 0.1) is 12.1 Å². The van der Waals surface area contributed by atoms with Crippen molar-refractivity contribution in [2.24, 2.45) is 5.73 Å². The van der Waals surface area contributed by atoms with Crippen LogP contribution in [0.3, 0.4) is 0 Å². The number of likely N-dealkylation sites (tertiary alicyclic amines) is 1. The van der Waals surface area contributed by atoms with Crippen LogP contribution in [-0.2, 0) is 11.2 Å². The highest BCUT2D eigenvalue weighted by Gasteiger charge is 2.26. The summed E-state index contributed by atoms with van der Waals surface area (Å²) in [5.74, 6) is -0.157. The minimum Gasteiger partial charge on any atom is -0.363 e. The minimum absolute atomic E-state index is 0.0571. The maximum atomic E-state index is 12.8. The van der Waals surface area contributed by atoms with Gasteiger partial charge in [-0.3, -0.25) is 19.1 Å². The minimum atomic E-state index is -0.670. The van der Waals surface area contributed by atoms with E-state index in [-0.39, 0.29) is 17.4 Å². The zero-order chi connectivity index (χ0) is 25.8. The largest absolute Gasteiger partial charge is 0.363 e. The molecule has 1 aromatic carbocycles. The normalized spacial score (nSPS) is 16.2. The maximum Gasteiger partial charge on any atom is 0.285 e. The van der Waals surface area contributed by atoms with Crippen LogP contribution in [0.15, 0.2) is 54.9 Å². The molecular formula is C29H30N6O2. The van der Waals surface area contributed by atoms with Crippen molar-refractivity contribution < 1.29 is 9.59 Å². The number of imidazole rings is 1. The summed E-state index contributed by atoms with van der Waals surface area (Å²) in [4.78, 5) is 35.2. The smallest absolute Gasteiger partial charge is 0.285 e. The number of nitrogens with zero attached hydrogens (tertiary/aromatic N) is 5. The first-order valence-electron chi connectivity index (χ1n) is 12.8. The number of hydrogen-bond donors (Lipinski definition) is 1. The average molecular weight is 495 g/mol. The second-order valence-electron chi connectivity index (χ2n) is 9.70. The van der Waals surface area contributed by atoms with Crippen LogP contribution in [0, 0.1) is 11.3 Å². The van der Waals surface area contributed by atoms with E-state index in [1.54, 1.807) is 17.0 Å². The molecule has 0 unspecified atom stereocenters. The van der Waals surface area contributed by atoms with Crippen molar-refractivity contribution in [1.82, 2.24) is 19.4 Å². The number of amides is 2. The third-order valence-corrected chi connectivity index (χ3v) is 7.34. The number of nitrogens with two attached hydrogens (primary N) is 1. The van der Waals surface area contributed by atoms with Crippen molar-refractivity contribution in [2.75, 3.05) is 13.1 Å². The van der Waals surface area contributed by atoms with Gasteiger partial charge in [-0.1, -0.05) is 18.2 Å². The van der Waals surface area contributed by atoms with E-state index in [4.69, 9.17) is 5.73 Å². The SMILES string of the molecule is N#Cc1cn(-c2ccc(C3CCN(C(=O)Cc4ccccn4)CC3)cc2C2=CCCCC2)c(C(N)=O)n1. The molecule has 3 heterocycles. The van der Waals surface area contributed by atoms with Gasteiger partial charge in [0, 0.05) is 36.7 Å². The van der Waals surface area contributed by atoms with Gasteiger partial charge in [-0.2, -0.15) is 5.26 Å². The zero-order valence-electron chi connectivity index (χ0n) is 20.8. The Morgan fingerprint density at radius 2 is 1.97 bits per heavy atom. The quantitative estimate of drug-likeness (QED) is 0.552. The first-order valence-corrected chi connectivity index (χ1v) is 12.8. The standard InChI is InChI=1S/C29H30N6O2/c30-18-24-19-35(29(33-24)28(31)37)26-10-9-22(16-25(26)21-6-2-1-3-7-21)20-11-14-34(15-12-20)27(36)17-23-8-4-5-13-32-23/h4-6,8-10,13,16,19-20H,1-3,7,11-12,14-15,17H2,(H2,31,37). The molecule has 8 nitrogen and oxygen atoms in total. The fourth-order valence-electron chi connectivity index (χ4n) is 5.38. The van der Waals surface area contributed by atoms with Crippen LogP contribution in [0.5, 0.6) is 0 Å². The molecule has 0 radical (unpaired) electrons. The second kappa shape index (κ2) is 10.8. The molecule has 1 aliphatic heterocycles. The summed E-state index contributed by atoms with van der Waals surface area (Å²) >= 11 is 0. The fraction of sp³-hybridized carbons (Fsp3) is 0.345. The van der Waals surface area contributed by atoms with Crippen LogP contribution >= 0.6 is 0 Å². The van der Waals surface area contributed by atoms with E-state index in [1.807, 2.05) is 35.2 Å². The molecule has 37 heavy (non-hydrogen) atoms. The molecular weight excluding hydrogens is 464 g/mol. The Kier molecular flexibility index (Phi) is 7.13. The summed E-state index contributed by atoms with van der Waals surface area (Å²) in [6.45, 7) is 1.43. The van der Waals surface area contributed by atoms with Crippen LogP contribution in [-0.4, -0.2) is 44.3 Å². The van der Waals surface area contributed by atoms with Crippen LogP contribution in [0.2, 0.25) is 0 Å². The van der Waals surface area contributed by atoms with Crippen molar-refractivity contribution in [3.8, 4) is 11.8 Å². The monoisotopic (exact) mass is 494 g/mol. The lowest BCUT2D eigenvalue weighted by molar-refractivity contribution is -0.131. The first kappa shape index (κ1) is 24.4. The lowest BCUT2D eigenvalue weighted by Crippen LogP contribution is -2.38. The molecule has 2 N–H and O–H groups in total. The number of nitriles is 1. The molecule has 1 aliphatic carbocycles. The lowest BCUT2D eigenvalue weighted by Gasteiger charge is -2.33. The van der Waals surface area contributed by atoms with Gasteiger partial charge in [0.25, 0.3) is 5.91 Å². The Hall–Kier alpha value is -4.25. The van der Waals surface area contributed by atoms with Crippen LogP contribution < -0.4 is 5.73 Å². The summed E-state index contributed by atoms with van der Waals surface area (Å²) in [6, 6.07) is 14.0. The van der Waals surface area contributed by atoms with Gasteiger partial charge >= 0.3 is 0 Å². The number of hydrogen-bond acceptors (Lipinski definition) is 5. The molecule has 0 atom stereocenters. The molecule has 0 bridgehead atoms. The van der Waals surface area contributed by atoms with Gasteiger partial charge in [0.1, 0.15) is 6.07 Å². The Morgan fingerprint density at radius 1 is 1.14 bits per heavy atom. The third-order valence-electron chi connectivity index (χ3n) is 7.34. The fourth-order valence-corrected chi connectivity index (χ4v) is 5.38. The number of benzene rings is 1. The summed E-state index contributed by atoms with van der Waals surface area (Å²) in [5.41, 5.74) is 10.9. The van der Waals surface area contributed by atoms with E-state index < -0.39 is 5.91 Å². The zero-order valence-corrected chi connectivity index (χ0v) is 20.8. The number of allylic oxidation sites excluding steroid dienone is 2. The first-order chi connectivity index (χ1) is 18.0. The van der Waals surface area contributed by atoms with Gasteiger partial charge in [-0.15, -0.1) is 0 Å². The predicted molar refractivity (Wildman–Crippen MR) is 140 cm³/mol. The number of carbonyl (C=O) groups is 2. The van der Waals surface area contributed by atoms with E-state index in [1.165, 1.54) is 17.6 Å². The summed E-state index contributed by atoms with van der Waals surface area (Å²) in [7, 11) is 0. The summed E-state index contributed by atoms with van der Waals surface area (Å²) < 4.78 is 1.65. The summed E-state index contributed by atoms with van der Waals surface area (Å²) in [5, 5.41) is 9.36. The van der Waals surface area contributed by atoms with Crippen molar-refractivity contribution in [3.05, 3.63) is 83.2 Å². The number of carbonyl (C=O) groups excluding carboxylic acids is 2. The molecule has 2 aromatic heterocycles. The molecule has 1 saturated heterocycles. The van der Waals surface area contributed by atoms with Gasteiger partial charge in [0.15, 0.2) is 5.69 Å². The van der Waals surface area contributed by atoms with E-state index in [2.05, 4.69) is 28.2 Å². The molecule has 1 fully saturated rings. The Morgan fingerprint density at radius 3 is 2.65 bits per heavy atom. The number of pyridine rings is 1. The average Bonchev–Trinajstić information content (AvgIpc) is 3.39. The van der Waals surface area contributed by atoms with Gasteiger partial charge < -0.3 is 10.6 Å². The van der Waals surface area contributed by atoms with E-state index in [0.717, 1.165) is 62.1 Å². The summed E-state index contributed by atoms with van der Waals surface area (Å²) in [6.07, 6.45) is 11.9. The maximum absolute atomic E-state index is 12.8. The van der Waals surface area contributed by atoms with Crippen molar-refractivity contribution in [1.29, 1.82) is 5.26 Å². The molecule has 0 saturated carbocycles. The van der Waals surface area contributed by atoms with Gasteiger partial charge in [-0.25, -0.2) is 4.98 Å².